The maximum Gasteiger partial charge on any atom is -0.0411 e. The lowest BCUT2D eigenvalue weighted by atomic mass is 10.0. The van der Waals surface area contributed by atoms with E-state index in [0.29, 0.717) is 0 Å². The van der Waals surface area contributed by atoms with Crippen LogP contribution >= 0.6 is 0 Å². The van der Waals surface area contributed by atoms with Crippen LogP contribution in [0.1, 0.15) is 32.1 Å². The molecular formula is C13H18. The van der Waals surface area contributed by atoms with Crippen LogP contribution in [0.2, 0.25) is 0 Å². The summed E-state index contributed by atoms with van der Waals surface area (Å²) in [6.07, 6.45) is 7.82. The quantitative estimate of drug-likeness (QED) is 0.560. The Balaban J connectivity index is 0.000000102. The lowest BCUT2D eigenvalue weighted by Crippen LogP contribution is -1.90. The molecule has 2 aliphatic carbocycles. The van der Waals surface area contributed by atoms with E-state index in [9.17, 15) is 0 Å². The molecule has 0 N–H and O–H groups in total. The molecular weight excluding hydrogens is 156 g/mol. The highest BCUT2D eigenvalue weighted by Crippen LogP contribution is 2.43. The van der Waals surface area contributed by atoms with Crippen molar-refractivity contribution in [3.05, 3.63) is 36.4 Å². The Labute approximate surface area is 81.0 Å². The molecule has 2 aliphatic rings. The Morgan fingerprint density at radius 2 is 0.846 bits per heavy atom. The van der Waals surface area contributed by atoms with E-state index >= 15 is 0 Å². The standard InChI is InChI=1S/C7H12.C6H6/c1-2-7-4-3-6(1)5-7;1-2-4-6-5-3-1/h6-7H,1-5H2;1-6H. The van der Waals surface area contributed by atoms with Gasteiger partial charge in [-0.15, -0.1) is 0 Å². The van der Waals surface area contributed by atoms with E-state index in [1.807, 2.05) is 36.4 Å². The molecule has 2 saturated carbocycles. The summed E-state index contributed by atoms with van der Waals surface area (Å²) in [6, 6.07) is 12.0. The summed E-state index contributed by atoms with van der Waals surface area (Å²) in [5.41, 5.74) is 0. The van der Waals surface area contributed by atoms with Crippen LogP contribution in [0.25, 0.3) is 0 Å². The molecule has 0 aromatic heterocycles. The molecule has 2 fully saturated rings. The fourth-order valence-electron chi connectivity index (χ4n) is 2.56. The van der Waals surface area contributed by atoms with Crippen LogP contribution in [-0.4, -0.2) is 0 Å². The number of hydrogen-bond acceptors (Lipinski definition) is 0. The summed E-state index contributed by atoms with van der Waals surface area (Å²) in [5, 5.41) is 0. The summed E-state index contributed by atoms with van der Waals surface area (Å²) in [5.74, 6) is 2.34. The Kier molecular flexibility index (Phi) is 3.02. The summed E-state index contributed by atoms with van der Waals surface area (Å²) in [6.45, 7) is 0. The number of rotatable bonds is 0. The fraction of sp³-hybridized carbons (Fsp3) is 0.538. The third-order valence-electron chi connectivity index (χ3n) is 3.30. The molecule has 1 aromatic rings. The highest BCUT2D eigenvalue weighted by Gasteiger charge is 2.30. The van der Waals surface area contributed by atoms with Crippen LogP contribution in [0.4, 0.5) is 0 Å². The summed E-state index contributed by atoms with van der Waals surface area (Å²) >= 11 is 0. The third-order valence-corrected chi connectivity index (χ3v) is 3.30. The lowest BCUT2D eigenvalue weighted by molar-refractivity contribution is 0.480. The van der Waals surface area contributed by atoms with Gasteiger partial charge in [0.2, 0.25) is 0 Å². The third kappa shape index (κ3) is 2.58. The fourth-order valence-corrected chi connectivity index (χ4v) is 2.56. The van der Waals surface area contributed by atoms with Crippen molar-refractivity contribution in [2.24, 2.45) is 11.8 Å². The Morgan fingerprint density at radius 3 is 1.00 bits per heavy atom. The maximum absolute atomic E-state index is 2.00. The zero-order valence-electron chi connectivity index (χ0n) is 8.15. The van der Waals surface area contributed by atoms with Gasteiger partial charge < -0.3 is 0 Å². The van der Waals surface area contributed by atoms with Gasteiger partial charge in [-0.05, 0) is 18.3 Å². The highest BCUT2D eigenvalue weighted by molar-refractivity contribution is 4.99. The smallest absolute Gasteiger partial charge is 0.0411 e. The van der Waals surface area contributed by atoms with Gasteiger partial charge in [0, 0.05) is 0 Å². The summed E-state index contributed by atoms with van der Waals surface area (Å²) in [4.78, 5) is 0. The van der Waals surface area contributed by atoms with Gasteiger partial charge in [-0.3, -0.25) is 0 Å². The number of benzene rings is 1. The van der Waals surface area contributed by atoms with Gasteiger partial charge in [-0.2, -0.15) is 0 Å². The minimum Gasteiger partial charge on any atom is -0.0623 e. The van der Waals surface area contributed by atoms with E-state index in [2.05, 4.69) is 0 Å². The molecule has 0 atom stereocenters. The molecule has 0 amide bonds. The first-order valence-electron chi connectivity index (χ1n) is 5.45. The topological polar surface area (TPSA) is 0 Å². The Hall–Kier alpha value is -0.780. The largest absolute Gasteiger partial charge is 0.0623 e. The zero-order valence-corrected chi connectivity index (χ0v) is 8.15. The zero-order chi connectivity index (χ0) is 8.93. The molecule has 3 rings (SSSR count). The van der Waals surface area contributed by atoms with E-state index in [4.69, 9.17) is 0 Å². The first-order chi connectivity index (χ1) is 6.45. The molecule has 0 unspecified atom stereocenters. The van der Waals surface area contributed by atoms with E-state index in [-0.39, 0.29) is 0 Å². The lowest BCUT2D eigenvalue weighted by Gasteiger charge is -2.05. The van der Waals surface area contributed by atoms with Gasteiger partial charge in [-0.1, -0.05) is 62.1 Å². The van der Waals surface area contributed by atoms with Crippen LogP contribution in [-0.2, 0) is 0 Å². The van der Waals surface area contributed by atoms with E-state index in [1.54, 1.807) is 32.1 Å². The number of fused-ring (bicyclic) bond motifs is 2. The van der Waals surface area contributed by atoms with E-state index in [0.717, 1.165) is 0 Å². The van der Waals surface area contributed by atoms with Crippen molar-refractivity contribution in [2.75, 3.05) is 0 Å². The van der Waals surface area contributed by atoms with Crippen LogP contribution in [0, 0.1) is 11.8 Å². The minimum absolute atomic E-state index is 1.17. The van der Waals surface area contributed by atoms with Crippen LogP contribution < -0.4 is 0 Å². The average Bonchev–Trinajstić information content (AvgIpc) is 2.85. The van der Waals surface area contributed by atoms with E-state index in [1.165, 1.54) is 11.8 Å². The van der Waals surface area contributed by atoms with Crippen molar-refractivity contribution in [3.8, 4) is 0 Å². The predicted octanol–water partition coefficient (Wildman–Crippen LogP) is 3.88. The molecule has 0 nitrogen and oxygen atoms in total. The van der Waals surface area contributed by atoms with Gasteiger partial charge in [0.15, 0.2) is 0 Å². The second-order valence-corrected chi connectivity index (χ2v) is 4.28. The first-order valence-corrected chi connectivity index (χ1v) is 5.45. The van der Waals surface area contributed by atoms with Crippen molar-refractivity contribution in [3.63, 3.8) is 0 Å². The van der Waals surface area contributed by atoms with Crippen molar-refractivity contribution in [1.82, 2.24) is 0 Å². The highest BCUT2D eigenvalue weighted by atomic mass is 14.4. The van der Waals surface area contributed by atoms with Crippen LogP contribution in [0.3, 0.4) is 0 Å². The van der Waals surface area contributed by atoms with Gasteiger partial charge in [0.1, 0.15) is 0 Å². The Morgan fingerprint density at radius 1 is 0.538 bits per heavy atom. The average molecular weight is 174 g/mol. The van der Waals surface area contributed by atoms with Crippen LogP contribution in [0.15, 0.2) is 36.4 Å². The van der Waals surface area contributed by atoms with Gasteiger partial charge in [0.05, 0.1) is 0 Å². The molecule has 0 heterocycles. The maximum atomic E-state index is 2.00. The van der Waals surface area contributed by atoms with Crippen molar-refractivity contribution in [2.45, 2.75) is 32.1 Å². The SMILES string of the molecule is C1CC2CCC1C2.c1ccccc1. The monoisotopic (exact) mass is 174 g/mol. The van der Waals surface area contributed by atoms with Gasteiger partial charge >= 0.3 is 0 Å². The van der Waals surface area contributed by atoms with Crippen LogP contribution in [0.5, 0.6) is 0 Å². The molecule has 1 aromatic carbocycles. The summed E-state index contributed by atoms with van der Waals surface area (Å²) in [7, 11) is 0. The molecule has 0 spiro atoms. The second kappa shape index (κ2) is 4.45. The van der Waals surface area contributed by atoms with Crippen molar-refractivity contribution >= 4 is 0 Å². The minimum atomic E-state index is 1.17. The molecule has 0 heteroatoms. The van der Waals surface area contributed by atoms with Crippen molar-refractivity contribution < 1.29 is 0 Å². The molecule has 70 valence electrons. The normalized spacial score (nSPS) is 29.5. The first kappa shape index (κ1) is 8.80. The Bertz CT molecular complexity index is 182. The molecule has 2 bridgehead atoms. The molecule has 0 aliphatic heterocycles. The molecule has 0 radical (unpaired) electrons. The van der Waals surface area contributed by atoms with Gasteiger partial charge in [0.25, 0.3) is 0 Å². The molecule has 0 saturated heterocycles. The predicted molar refractivity (Wildman–Crippen MR) is 56.5 cm³/mol. The van der Waals surface area contributed by atoms with Crippen molar-refractivity contribution in [1.29, 1.82) is 0 Å². The number of hydrogen-bond donors (Lipinski definition) is 0. The van der Waals surface area contributed by atoms with Gasteiger partial charge in [-0.25, -0.2) is 0 Å². The summed E-state index contributed by atoms with van der Waals surface area (Å²) < 4.78 is 0. The van der Waals surface area contributed by atoms with E-state index < -0.39 is 0 Å². The molecule has 13 heavy (non-hydrogen) atoms. The second-order valence-electron chi connectivity index (χ2n) is 4.28.